The Labute approximate surface area is 291 Å². The van der Waals surface area contributed by atoms with Gasteiger partial charge in [-0.3, -0.25) is 0 Å². The van der Waals surface area contributed by atoms with Gasteiger partial charge in [-0.1, -0.05) is 93.4 Å². The van der Waals surface area contributed by atoms with Crippen LogP contribution in [0.2, 0.25) is 0 Å². The van der Waals surface area contributed by atoms with E-state index in [2.05, 4.69) is 165 Å². The molecule has 6 rings (SSSR count). The van der Waals surface area contributed by atoms with Crippen LogP contribution in [0.5, 0.6) is 0 Å². The van der Waals surface area contributed by atoms with E-state index in [1.165, 1.54) is 105 Å². The molecule has 1 aliphatic rings. The molecule has 48 heavy (non-hydrogen) atoms. The van der Waals surface area contributed by atoms with Crippen molar-refractivity contribution in [2.45, 2.75) is 112 Å². The zero-order valence-electron chi connectivity index (χ0n) is 31.1. The first-order valence-corrected chi connectivity index (χ1v) is 18.3. The molecule has 0 spiro atoms. The Morgan fingerprint density at radius 1 is 0.417 bits per heavy atom. The van der Waals surface area contributed by atoms with Gasteiger partial charge in [0.05, 0.1) is 0 Å². The predicted octanol–water partition coefficient (Wildman–Crippen LogP) is 13.9. The van der Waals surface area contributed by atoms with Crippen LogP contribution in [0, 0.1) is 41.5 Å². The fourth-order valence-corrected chi connectivity index (χ4v) is 9.03. The number of nitrogens with zero attached hydrogens (tertiary/aromatic N) is 1. The number of aryl methyl sites for hydroxylation is 6. The molecule has 0 aromatic heterocycles. The molecule has 0 N–H and O–H groups in total. The minimum atomic E-state index is 0.217. The highest BCUT2D eigenvalue weighted by Crippen LogP contribution is 2.57. The zero-order chi connectivity index (χ0) is 34.4. The average Bonchev–Trinajstić information content (AvgIpc) is 3.36. The maximum atomic E-state index is 2.57. The van der Waals surface area contributed by atoms with Crippen LogP contribution in [-0.2, 0) is 10.8 Å². The van der Waals surface area contributed by atoms with Crippen molar-refractivity contribution in [1.29, 1.82) is 0 Å². The van der Waals surface area contributed by atoms with Crippen molar-refractivity contribution in [2.24, 2.45) is 0 Å². The van der Waals surface area contributed by atoms with Crippen molar-refractivity contribution >= 4 is 17.1 Å². The molecule has 0 aliphatic heterocycles. The first-order valence-electron chi connectivity index (χ1n) is 18.3. The Morgan fingerprint density at radius 3 is 1.17 bits per heavy atom. The maximum absolute atomic E-state index is 2.57. The van der Waals surface area contributed by atoms with Gasteiger partial charge in [0.15, 0.2) is 0 Å². The quantitative estimate of drug-likeness (QED) is 0.156. The second kappa shape index (κ2) is 13.1. The summed E-state index contributed by atoms with van der Waals surface area (Å²) in [6.45, 7) is 22.9. The van der Waals surface area contributed by atoms with E-state index in [9.17, 15) is 0 Å². The summed E-state index contributed by atoms with van der Waals surface area (Å²) in [7, 11) is 0. The van der Waals surface area contributed by atoms with Crippen LogP contribution >= 0.6 is 0 Å². The minimum Gasteiger partial charge on any atom is -0.310 e. The summed E-state index contributed by atoms with van der Waals surface area (Å²) in [5.74, 6) is 0. The molecule has 0 heterocycles. The van der Waals surface area contributed by atoms with Crippen LogP contribution in [0.1, 0.15) is 104 Å². The lowest BCUT2D eigenvalue weighted by Gasteiger charge is -2.33. The number of hydrogen-bond acceptors (Lipinski definition) is 1. The van der Waals surface area contributed by atoms with Crippen LogP contribution in [0.15, 0.2) is 91.0 Å². The number of benzene rings is 5. The Kier molecular flexibility index (Phi) is 9.20. The summed E-state index contributed by atoms with van der Waals surface area (Å²) in [6, 6.07) is 35.2. The van der Waals surface area contributed by atoms with E-state index in [0.717, 1.165) is 0 Å². The Hall–Kier alpha value is -4.10. The van der Waals surface area contributed by atoms with Crippen molar-refractivity contribution in [2.75, 3.05) is 4.90 Å². The Morgan fingerprint density at radius 2 is 0.771 bits per heavy atom. The fraction of sp³-hybridized carbons (Fsp3) is 0.362. The van der Waals surface area contributed by atoms with E-state index in [1.807, 2.05) is 0 Å². The van der Waals surface area contributed by atoms with Crippen LogP contribution in [-0.4, -0.2) is 0 Å². The van der Waals surface area contributed by atoms with Gasteiger partial charge in [-0.15, -0.1) is 0 Å². The van der Waals surface area contributed by atoms with Crippen molar-refractivity contribution < 1.29 is 0 Å². The lowest BCUT2D eigenvalue weighted by molar-refractivity contribution is 0.284. The SMILES string of the molecule is CCC1(CC)CC(CC)(CC)c2cc(N(c3ccc(-c4ccc(C)cc4C)c(C)c3)c3ccc(-c4ccc(C)cc4C)c(C)c3)ccc21. The van der Waals surface area contributed by atoms with Gasteiger partial charge in [-0.2, -0.15) is 0 Å². The Balaban J connectivity index is 1.54. The van der Waals surface area contributed by atoms with E-state index in [-0.39, 0.29) is 10.8 Å². The summed E-state index contributed by atoms with van der Waals surface area (Å²) >= 11 is 0. The summed E-state index contributed by atoms with van der Waals surface area (Å²) < 4.78 is 0. The molecule has 0 fully saturated rings. The lowest BCUT2D eigenvalue weighted by atomic mass is 9.71. The highest BCUT2D eigenvalue weighted by atomic mass is 15.1. The van der Waals surface area contributed by atoms with Crippen LogP contribution in [0.3, 0.4) is 0 Å². The topological polar surface area (TPSA) is 3.24 Å². The number of fused-ring (bicyclic) bond motifs is 1. The fourth-order valence-electron chi connectivity index (χ4n) is 9.03. The average molecular weight is 634 g/mol. The van der Waals surface area contributed by atoms with Crippen LogP contribution < -0.4 is 4.90 Å². The smallest absolute Gasteiger partial charge is 0.0464 e. The van der Waals surface area contributed by atoms with Gasteiger partial charge in [-0.05, 0) is 177 Å². The van der Waals surface area contributed by atoms with E-state index in [0.29, 0.717) is 0 Å². The van der Waals surface area contributed by atoms with Gasteiger partial charge in [0.1, 0.15) is 0 Å². The van der Waals surface area contributed by atoms with Gasteiger partial charge in [0, 0.05) is 17.1 Å². The standard InChI is InChI=1S/C47H55N/c1-11-46(12-2)30-47(13-3,14-4)45-29-39(19-24-44(45)46)48(37-17-22-42(35(9)27-37)40-20-15-31(5)25-33(40)7)38-18-23-43(36(10)28-38)41-21-16-32(6)26-34(41)8/h15-29H,11-14,30H2,1-10H3. The lowest BCUT2D eigenvalue weighted by Crippen LogP contribution is -2.27. The predicted molar refractivity (Wildman–Crippen MR) is 210 cm³/mol. The first kappa shape index (κ1) is 33.8. The third kappa shape index (κ3) is 5.70. The highest BCUT2D eigenvalue weighted by Gasteiger charge is 2.48. The number of rotatable bonds is 9. The van der Waals surface area contributed by atoms with Gasteiger partial charge >= 0.3 is 0 Å². The molecule has 0 saturated carbocycles. The van der Waals surface area contributed by atoms with Crippen molar-refractivity contribution in [3.63, 3.8) is 0 Å². The molecule has 0 saturated heterocycles. The minimum absolute atomic E-state index is 0.217. The third-order valence-electron chi connectivity index (χ3n) is 12.1. The molecule has 0 unspecified atom stereocenters. The molecular formula is C47H55N. The normalized spacial score (nSPS) is 14.6. The first-order chi connectivity index (χ1) is 23.0. The largest absolute Gasteiger partial charge is 0.310 e. The molecule has 1 aliphatic carbocycles. The third-order valence-corrected chi connectivity index (χ3v) is 12.1. The van der Waals surface area contributed by atoms with Gasteiger partial charge in [0.2, 0.25) is 0 Å². The monoisotopic (exact) mass is 633 g/mol. The number of anilines is 3. The van der Waals surface area contributed by atoms with E-state index < -0.39 is 0 Å². The molecular weight excluding hydrogens is 579 g/mol. The summed E-state index contributed by atoms with van der Waals surface area (Å²) in [6.07, 6.45) is 6.00. The molecule has 0 atom stereocenters. The number of hydrogen-bond donors (Lipinski definition) is 0. The molecule has 5 aromatic carbocycles. The zero-order valence-corrected chi connectivity index (χ0v) is 31.1. The molecule has 1 nitrogen and oxygen atoms in total. The van der Waals surface area contributed by atoms with Crippen LogP contribution in [0.25, 0.3) is 22.3 Å². The second-order valence-corrected chi connectivity index (χ2v) is 14.9. The molecule has 1 heteroatoms. The van der Waals surface area contributed by atoms with Crippen molar-refractivity contribution in [3.05, 3.63) is 136 Å². The molecule has 0 radical (unpaired) electrons. The molecule has 0 amide bonds. The Bertz CT molecular complexity index is 1870. The van der Waals surface area contributed by atoms with Crippen molar-refractivity contribution in [3.8, 4) is 22.3 Å². The van der Waals surface area contributed by atoms with Gasteiger partial charge < -0.3 is 4.90 Å². The molecule has 5 aromatic rings. The van der Waals surface area contributed by atoms with Crippen LogP contribution in [0.4, 0.5) is 17.1 Å². The van der Waals surface area contributed by atoms with E-state index >= 15 is 0 Å². The summed E-state index contributed by atoms with van der Waals surface area (Å²) in [5, 5.41) is 0. The summed E-state index contributed by atoms with van der Waals surface area (Å²) in [5.41, 5.74) is 20.4. The molecule has 248 valence electrons. The van der Waals surface area contributed by atoms with Gasteiger partial charge in [-0.25, -0.2) is 0 Å². The molecule has 0 bridgehead atoms. The van der Waals surface area contributed by atoms with E-state index in [1.54, 1.807) is 11.1 Å². The maximum Gasteiger partial charge on any atom is 0.0464 e. The summed E-state index contributed by atoms with van der Waals surface area (Å²) in [4.78, 5) is 2.51. The second-order valence-electron chi connectivity index (χ2n) is 14.9. The highest BCUT2D eigenvalue weighted by molar-refractivity contribution is 5.83. The van der Waals surface area contributed by atoms with E-state index in [4.69, 9.17) is 0 Å². The van der Waals surface area contributed by atoms with Crippen molar-refractivity contribution in [1.82, 2.24) is 0 Å². The van der Waals surface area contributed by atoms with Gasteiger partial charge in [0.25, 0.3) is 0 Å².